The van der Waals surface area contributed by atoms with E-state index in [1.165, 1.54) is 0 Å². The minimum absolute atomic E-state index is 0.233. The van der Waals surface area contributed by atoms with Crippen LogP contribution in [0.1, 0.15) is 28.7 Å². The number of nitrogens with zero attached hydrogens (tertiary/aromatic N) is 3. The van der Waals surface area contributed by atoms with Crippen LogP contribution in [0.2, 0.25) is 0 Å². The van der Waals surface area contributed by atoms with Gasteiger partial charge in [0.05, 0.1) is 12.1 Å². The van der Waals surface area contributed by atoms with E-state index >= 15 is 0 Å². The van der Waals surface area contributed by atoms with Crippen LogP contribution in [-0.4, -0.2) is 32.4 Å². The summed E-state index contributed by atoms with van der Waals surface area (Å²) in [4.78, 5) is 12.2. The van der Waals surface area contributed by atoms with Gasteiger partial charge < -0.3 is 15.0 Å². The highest BCUT2D eigenvalue weighted by Crippen LogP contribution is 2.07. The minimum atomic E-state index is -0.241. The van der Waals surface area contributed by atoms with E-state index in [9.17, 15) is 4.79 Å². The highest BCUT2D eigenvalue weighted by molar-refractivity contribution is 5.96. The lowest BCUT2D eigenvalue weighted by Gasteiger charge is -2.07. The molecule has 0 fully saturated rings. The van der Waals surface area contributed by atoms with Crippen LogP contribution >= 0.6 is 0 Å². The number of aliphatic hydroxyl groups excluding tert-OH is 1. The molecular weight excluding hydrogens is 268 g/mol. The zero-order valence-corrected chi connectivity index (χ0v) is 11.7. The number of aryl methyl sites for hydroxylation is 1. The van der Waals surface area contributed by atoms with E-state index in [0.29, 0.717) is 23.5 Å². The van der Waals surface area contributed by atoms with Gasteiger partial charge in [-0.3, -0.25) is 4.79 Å². The average Bonchev–Trinajstić information content (AvgIpc) is 2.98. The lowest BCUT2D eigenvalue weighted by molar-refractivity contribution is 0.0949. The zero-order chi connectivity index (χ0) is 15.1. The molecule has 0 bridgehead atoms. The molecule has 108 valence electrons. The lowest BCUT2D eigenvalue weighted by atomic mass is 10.1. The summed E-state index contributed by atoms with van der Waals surface area (Å²) >= 11 is 0. The maximum absolute atomic E-state index is 12.2. The van der Waals surface area contributed by atoms with Gasteiger partial charge in [0.15, 0.2) is 5.82 Å². The number of carbonyl (C=O) groups is 1. The zero-order valence-electron chi connectivity index (χ0n) is 11.7. The molecule has 2 rings (SSSR count). The van der Waals surface area contributed by atoms with Crippen molar-refractivity contribution in [2.45, 2.75) is 20.0 Å². The highest BCUT2D eigenvalue weighted by atomic mass is 16.2. The fourth-order valence-electron chi connectivity index (χ4n) is 1.86. The number of aliphatic hydroxyl groups is 1. The standard InChI is InChI=1S/C15H16N4O2/c1-2-19-11-17-18-14(19)10-16-15(21)13-8-4-3-6-12(13)7-5-9-20/h3-4,6,8,11,20H,2,9-10H2,1H3,(H,16,21). The van der Waals surface area contributed by atoms with Gasteiger partial charge >= 0.3 is 0 Å². The summed E-state index contributed by atoms with van der Waals surface area (Å²) in [6, 6.07) is 7.01. The quantitative estimate of drug-likeness (QED) is 0.805. The van der Waals surface area contributed by atoms with Gasteiger partial charge in [0.1, 0.15) is 12.9 Å². The normalized spacial score (nSPS) is 9.81. The number of benzene rings is 1. The van der Waals surface area contributed by atoms with Crippen molar-refractivity contribution in [3.05, 3.63) is 47.5 Å². The van der Waals surface area contributed by atoms with E-state index in [1.54, 1.807) is 30.6 Å². The van der Waals surface area contributed by atoms with Gasteiger partial charge in [-0.05, 0) is 19.1 Å². The first-order valence-corrected chi connectivity index (χ1v) is 6.60. The summed E-state index contributed by atoms with van der Waals surface area (Å²) in [5.41, 5.74) is 1.06. The van der Waals surface area contributed by atoms with Gasteiger partial charge in [-0.25, -0.2) is 0 Å². The molecule has 0 spiro atoms. The average molecular weight is 284 g/mol. The molecule has 0 aliphatic heterocycles. The first-order chi connectivity index (χ1) is 10.3. The minimum Gasteiger partial charge on any atom is -0.384 e. The largest absolute Gasteiger partial charge is 0.384 e. The Hall–Kier alpha value is -2.65. The molecule has 0 aliphatic rings. The Morgan fingerprint density at radius 2 is 2.24 bits per heavy atom. The van der Waals surface area contributed by atoms with Crippen molar-refractivity contribution in [3.63, 3.8) is 0 Å². The van der Waals surface area contributed by atoms with Crippen molar-refractivity contribution < 1.29 is 9.90 Å². The second-order valence-electron chi connectivity index (χ2n) is 4.22. The highest BCUT2D eigenvalue weighted by Gasteiger charge is 2.11. The van der Waals surface area contributed by atoms with Crippen LogP contribution in [0.4, 0.5) is 0 Å². The number of hydrogen-bond acceptors (Lipinski definition) is 4. The third-order valence-electron chi connectivity index (χ3n) is 2.92. The smallest absolute Gasteiger partial charge is 0.252 e. The molecule has 0 unspecified atom stereocenters. The van der Waals surface area contributed by atoms with Gasteiger partial charge in [-0.2, -0.15) is 0 Å². The Bertz CT molecular complexity index is 682. The second kappa shape index (κ2) is 7.22. The SMILES string of the molecule is CCn1cnnc1CNC(=O)c1ccccc1C#CCO. The fraction of sp³-hybridized carbons (Fsp3) is 0.267. The molecule has 0 aliphatic carbocycles. The first kappa shape index (κ1) is 14.8. The Balaban J connectivity index is 2.10. The van der Waals surface area contributed by atoms with Gasteiger partial charge in [0, 0.05) is 12.1 Å². The molecule has 1 amide bonds. The van der Waals surface area contributed by atoms with Crippen LogP contribution in [0.15, 0.2) is 30.6 Å². The van der Waals surface area contributed by atoms with Crippen molar-refractivity contribution in [2.24, 2.45) is 0 Å². The maximum Gasteiger partial charge on any atom is 0.252 e. The van der Waals surface area contributed by atoms with Crippen LogP contribution in [0, 0.1) is 11.8 Å². The molecule has 21 heavy (non-hydrogen) atoms. The summed E-state index contributed by atoms with van der Waals surface area (Å²) in [6.45, 7) is 2.79. The van der Waals surface area contributed by atoms with Crippen molar-refractivity contribution in [1.82, 2.24) is 20.1 Å². The summed E-state index contributed by atoms with van der Waals surface area (Å²) in [6.07, 6.45) is 1.63. The fourth-order valence-corrected chi connectivity index (χ4v) is 1.86. The van der Waals surface area contributed by atoms with Crippen molar-refractivity contribution in [1.29, 1.82) is 0 Å². The topological polar surface area (TPSA) is 80.0 Å². The molecule has 2 N–H and O–H groups in total. The first-order valence-electron chi connectivity index (χ1n) is 6.60. The third-order valence-corrected chi connectivity index (χ3v) is 2.92. The lowest BCUT2D eigenvalue weighted by Crippen LogP contribution is -2.25. The molecule has 1 aromatic heterocycles. The maximum atomic E-state index is 12.2. The summed E-state index contributed by atoms with van der Waals surface area (Å²) < 4.78 is 1.86. The van der Waals surface area contributed by atoms with E-state index < -0.39 is 0 Å². The van der Waals surface area contributed by atoms with Crippen molar-refractivity contribution in [2.75, 3.05) is 6.61 Å². The summed E-state index contributed by atoms with van der Waals surface area (Å²) in [7, 11) is 0. The van der Waals surface area contributed by atoms with Gasteiger partial charge in [0.2, 0.25) is 0 Å². The van der Waals surface area contributed by atoms with Gasteiger partial charge in [-0.1, -0.05) is 24.0 Å². The number of aromatic nitrogens is 3. The molecule has 2 aromatic rings. The Morgan fingerprint density at radius 1 is 1.43 bits per heavy atom. The van der Waals surface area contributed by atoms with Gasteiger partial charge in [-0.15, -0.1) is 10.2 Å². The Labute approximate surface area is 122 Å². The van der Waals surface area contributed by atoms with Crippen LogP contribution in [0.5, 0.6) is 0 Å². The molecule has 0 saturated heterocycles. The number of hydrogen-bond donors (Lipinski definition) is 2. The van der Waals surface area contributed by atoms with Crippen molar-refractivity contribution >= 4 is 5.91 Å². The predicted octanol–water partition coefficient (Wildman–Crippen LogP) is 0.572. The number of nitrogens with one attached hydrogen (secondary N) is 1. The molecule has 0 atom stereocenters. The van der Waals surface area contributed by atoms with Crippen LogP contribution in [-0.2, 0) is 13.1 Å². The molecule has 0 saturated carbocycles. The Kier molecular flexibility index (Phi) is 5.07. The van der Waals surface area contributed by atoms with Crippen molar-refractivity contribution in [3.8, 4) is 11.8 Å². The monoisotopic (exact) mass is 284 g/mol. The molecule has 6 nitrogen and oxygen atoms in total. The number of carbonyl (C=O) groups excluding carboxylic acids is 1. The molecular formula is C15H16N4O2. The summed E-state index contributed by atoms with van der Waals surface area (Å²) in [5, 5.41) is 19.3. The van der Waals surface area contributed by atoms with E-state index in [2.05, 4.69) is 27.4 Å². The third kappa shape index (κ3) is 3.68. The van der Waals surface area contributed by atoms with E-state index in [1.807, 2.05) is 11.5 Å². The molecule has 1 heterocycles. The van der Waals surface area contributed by atoms with Crippen LogP contribution in [0.3, 0.4) is 0 Å². The van der Waals surface area contributed by atoms with E-state index in [4.69, 9.17) is 5.11 Å². The number of rotatable bonds is 4. The Morgan fingerprint density at radius 3 is 3.00 bits per heavy atom. The van der Waals surface area contributed by atoms with E-state index in [-0.39, 0.29) is 12.5 Å². The van der Waals surface area contributed by atoms with Crippen LogP contribution < -0.4 is 5.32 Å². The van der Waals surface area contributed by atoms with E-state index in [0.717, 1.165) is 6.54 Å². The number of amides is 1. The molecule has 6 heteroatoms. The molecule has 1 aromatic carbocycles. The summed E-state index contributed by atoms with van der Waals surface area (Å²) in [5.74, 6) is 5.78. The van der Waals surface area contributed by atoms with Gasteiger partial charge in [0.25, 0.3) is 5.91 Å². The second-order valence-corrected chi connectivity index (χ2v) is 4.22. The van der Waals surface area contributed by atoms with Crippen LogP contribution in [0.25, 0.3) is 0 Å². The molecule has 0 radical (unpaired) electrons. The predicted molar refractivity (Wildman–Crippen MR) is 77.3 cm³/mol.